The number of nitrogen functional groups attached to an aromatic ring is 1. The third-order valence-corrected chi connectivity index (χ3v) is 0.992. The summed E-state index contributed by atoms with van der Waals surface area (Å²) >= 11 is 5.28. The number of nitrogens with one attached hydrogen (secondary N) is 1. The van der Waals surface area contributed by atoms with Crippen molar-refractivity contribution < 1.29 is 5.21 Å². The zero-order valence-corrected chi connectivity index (χ0v) is 5.50. The Bertz CT molecular complexity index is 306. The maximum absolute atomic E-state index is 8.75. The smallest absolute Gasteiger partial charge is 0.262 e. The molecule has 0 fully saturated rings. The fraction of sp³-hybridized carbons (Fsp3) is 0. The minimum atomic E-state index is -0.447. The van der Waals surface area contributed by atoms with Crippen molar-refractivity contribution in [2.75, 3.05) is 5.73 Å². The molecule has 1 heterocycles. The highest BCUT2D eigenvalue weighted by Crippen LogP contribution is 1.96. The van der Waals surface area contributed by atoms with Gasteiger partial charge in [0, 0.05) is 0 Å². The van der Waals surface area contributed by atoms with Gasteiger partial charge in [0.1, 0.15) is 0 Å². The Labute approximate surface area is 60.4 Å². The molecule has 0 spiro atoms. The van der Waals surface area contributed by atoms with E-state index in [4.69, 9.17) is 28.0 Å². The van der Waals surface area contributed by atoms with Gasteiger partial charge >= 0.3 is 0 Å². The molecule has 0 aromatic carbocycles. The van der Waals surface area contributed by atoms with Crippen molar-refractivity contribution in [3.8, 4) is 0 Å². The highest BCUT2D eigenvalue weighted by atomic mass is 35.5. The third-order valence-electron chi connectivity index (χ3n) is 0.823. The molecule has 0 aliphatic carbocycles. The molecule has 1 rings (SSSR count). The average Bonchev–Trinajstić information content (AvgIpc) is 1.82. The molecule has 1 aromatic rings. The second-order valence-electron chi connectivity index (χ2n) is 1.49. The van der Waals surface area contributed by atoms with Gasteiger partial charge in [-0.1, -0.05) is 0 Å². The number of hydrogen-bond acceptors (Lipinski definition) is 5. The zero-order chi connectivity index (χ0) is 7.72. The van der Waals surface area contributed by atoms with Crippen molar-refractivity contribution >= 4 is 17.5 Å². The van der Waals surface area contributed by atoms with E-state index in [9.17, 15) is 0 Å². The largest absolute Gasteiger partial charge is 0.422 e. The number of halogens is 1. The van der Waals surface area contributed by atoms with Gasteiger partial charge in [-0.3, -0.25) is 5.41 Å². The molecule has 0 bridgehead atoms. The fourth-order valence-electron chi connectivity index (χ4n) is 0.410. The molecule has 0 amide bonds. The lowest BCUT2D eigenvalue weighted by atomic mass is 10.9. The molecule has 54 valence electrons. The van der Waals surface area contributed by atoms with Gasteiger partial charge in [-0.2, -0.15) is 9.97 Å². The first-order valence-corrected chi connectivity index (χ1v) is 2.65. The minimum absolute atomic E-state index is 0.159. The van der Waals surface area contributed by atoms with Crippen LogP contribution in [0.4, 0.5) is 5.95 Å². The highest BCUT2D eigenvalue weighted by molar-refractivity contribution is 6.28. The second-order valence-corrected chi connectivity index (χ2v) is 1.82. The molecule has 10 heavy (non-hydrogen) atoms. The van der Waals surface area contributed by atoms with Crippen molar-refractivity contribution in [3.63, 3.8) is 0 Å². The molecule has 7 heteroatoms. The van der Waals surface area contributed by atoms with Gasteiger partial charge in [-0.25, -0.2) is 0 Å². The maximum Gasteiger partial charge on any atom is 0.262 e. The number of anilines is 1. The van der Waals surface area contributed by atoms with Gasteiger partial charge in [0.15, 0.2) is 0 Å². The highest BCUT2D eigenvalue weighted by Gasteiger charge is 1.99. The zero-order valence-electron chi connectivity index (χ0n) is 4.74. The summed E-state index contributed by atoms with van der Waals surface area (Å²) in [4.78, 5) is 6.65. The Hall–Kier alpha value is -1.30. The molecule has 4 N–H and O–H groups in total. The fourth-order valence-corrected chi connectivity index (χ4v) is 0.577. The summed E-state index contributed by atoms with van der Waals surface area (Å²) in [5.74, 6) is -0.259. The van der Waals surface area contributed by atoms with Crippen LogP contribution in [0.1, 0.15) is 0 Å². The normalized spacial score (nSPS) is 9.70. The van der Waals surface area contributed by atoms with Crippen molar-refractivity contribution in [2.45, 2.75) is 0 Å². The van der Waals surface area contributed by atoms with Crippen LogP contribution in [-0.2, 0) is 0 Å². The van der Waals surface area contributed by atoms with Gasteiger partial charge in [0.05, 0.1) is 0 Å². The van der Waals surface area contributed by atoms with Gasteiger partial charge in [0.25, 0.3) is 5.62 Å². The summed E-state index contributed by atoms with van der Waals surface area (Å²) in [6, 6.07) is 0. The first-order chi connectivity index (χ1) is 4.61. The van der Waals surface area contributed by atoms with Crippen LogP contribution >= 0.6 is 11.6 Å². The molecular formula is C3H4ClN5O. The number of aromatic nitrogens is 3. The van der Waals surface area contributed by atoms with Crippen molar-refractivity contribution in [1.29, 1.82) is 5.41 Å². The van der Waals surface area contributed by atoms with Crippen LogP contribution in [0.25, 0.3) is 0 Å². The van der Waals surface area contributed by atoms with Crippen molar-refractivity contribution in [1.82, 2.24) is 14.7 Å². The minimum Gasteiger partial charge on any atom is -0.422 e. The molecule has 0 saturated carbocycles. The topological polar surface area (TPSA) is 101 Å². The Balaban J connectivity index is 3.46. The molecule has 0 unspecified atom stereocenters. The summed E-state index contributed by atoms with van der Waals surface area (Å²) < 4.78 is 0.325. The standard InChI is InChI=1S/C3H4ClN5O/c4-1-7-2(5)9(10)3(6)8-1/h10H,(H3,5,6,7,8). The van der Waals surface area contributed by atoms with Crippen LogP contribution in [0.2, 0.25) is 5.28 Å². The van der Waals surface area contributed by atoms with Crippen LogP contribution in [0.3, 0.4) is 0 Å². The summed E-state index contributed by atoms with van der Waals surface area (Å²) in [6.45, 7) is 0. The van der Waals surface area contributed by atoms with E-state index < -0.39 is 5.62 Å². The lowest BCUT2D eigenvalue weighted by Crippen LogP contribution is -2.25. The number of hydrogen-bond donors (Lipinski definition) is 3. The van der Waals surface area contributed by atoms with E-state index in [0.29, 0.717) is 4.73 Å². The van der Waals surface area contributed by atoms with E-state index in [-0.39, 0.29) is 11.2 Å². The first kappa shape index (κ1) is 6.81. The van der Waals surface area contributed by atoms with Crippen LogP contribution in [0.5, 0.6) is 0 Å². The van der Waals surface area contributed by atoms with E-state index in [0.717, 1.165) is 0 Å². The number of nitrogens with zero attached hydrogens (tertiary/aromatic N) is 3. The number of nitrogens with two attached hydrogens (primary N) is 1. The molecular weight excluding hydrogens is 158 g/mol. The average molecular weight is 162 g/mol. The van der Waals surface area contributed by atoms with E-state index in [2.05, 4.69) is 9.97 Å². The van der Waals surface area contributed by atoms with E-state index >= 15 is 0 Å². The van der Waals surface area contributed by atoms with E-state index in [1.165, 1.54) is 0 Å². The molecule has 0 radical (unpaired) electrons. The van der Waals surface area contributed by atoms with Crippen LogP contribution in [0, 0.1) is 5.41 Å². The predicted octanol–water partition coefficient (Wildman–Crippen LogP) is -0.770. The number of rotatable bonds is 0. The SMILES string of the molecule is N=c1nc(Cl)nc(N)n1O. The molecule has 6 nitrogen and oxygen atoms in total. The van der Waals surface area contributed by atoms with Gasteiger partial charge < -0.3 is 10.9 Å². The monoisotopic (exact) mass is 161 g/mol. The molecule has 0 aliphatic rings. The summed E-state index contributed by atoms with van der Waals surface area (Å²) in [6.07, 6.45) is 0. The van der Waals surface area contributed by atoms with Crippen LogP contribution in [-0.4, -0.2) is 19.9 Å². The lowest BCUT2D eigenvalue weighted by Gasteiger charge is -1.98. The quantitative estimate of drug-likeness (QED) is 0.435. The summed E-state index contributed by atoms with van der Waals surface area (Å²) in [5, 5.41) is 15.5. The van der Waals surface area contributed by atoms with Gasteiger partial charge in [0.2, 0.25) is 11.2 Å². The van der Waals surface area contributed by atoms with E-state index in [1.807, 2.05) is 0 Å². The predicted molar refractivity (Wildman–Crippen MR) is 32.5 cm³/mol. The van der Waals surface area contributed by atoms with Crippen molar-refractivity contribution in [3.05, 3.63) is 10.9 Å². The molecule has 0 saturated heterocycles. The first-order valence-electron chi connectivity index (χ1n) is 2.27. The maximum atomic E-state index is 8.75. The van der Waals surface area contributed by atoms with Gasteiger partial charge in [-0.05, 0) is 11.6 Å². The Morgan fingerprint density at radius 1 is 1.60 bits per heavy atom. The Kier molecular flexibility index (Phi) is 1.46. The lowest BCUT2D eigenvalue weighted by molar-refractivity contribution is 0.168. The second kappa shape index (κ2) is 2.14. The van der Waals surface area contributed by atoms with Crippen LogP contribution in [0.15, 0.2) is 0 Å². The Morgan fingerprint density at radius 3 is 2.70 bits per heavy atom. The summed E-state index contributed by atoms with van der Waals surface area (Å²) in [7, 11) is 0. The molecule has 1 aromatic heterocycles. The molecule has 0 atom stereocenters. The van der Waals surface area contributed by atoms with E-state index in [1.54, 1.807) is 0 Å². The molecule has 0 aliphatic heterocycles. The van der Waals surface area contributed by atoms with Crippen molar-refractivity contribution in [2.24, 2.45) is 0 Å². The third kappa shape index (κ3) is 1.01. The van der Waals surface area contributed by atoms with Gasteiger partial charge in [-0.15, -0.1) is 4.73 Å². The summed E-state index contributed by atoms with van der Waals surface area (Å²) in [5.41, 5.74) is 4.63. The Morgan fingerprint density at radius 2 is 2.20 bits per heavy atom. The van der Waals surface area contributed by atoms with Crippen LogP contribution < -0.4 is 11.4 Å².